The van der Waals surface area contributed by atoms with Crippen LogP contribution in [0, 0.1) is 17.7 Å². The van der Waals surface area contributed by atoms with Crippen molar-refractivity contribution in [3.05, 3.63) is 28.8 Å². The minimum absolute atomic E-state index is 0.105. The smallest absolute Gasteiger partial charge is 0.144 e. The average Bonchev–Trinajstić information content (AvgIpc) is 3.17. The molecule has 1 aliphatic carbocycles. The van der Waals surface area contributed by atoms with Gasteiger partial charge >= 0.3 is 0 Å². The van der Waals surface area contributed by atoms with Crippen LogP contribution in [-0.2, 0) is 12.4 Å². The van der Waals surface area contributed by atoms with Crippen LogP contribution in [0.3, 0.4) is 0 Å². The molecule has 2 nitrogen and oxygen atoms in total. The molecule has 0 spiro atoms. The predicted octanol–water partition coefficient (Wildman–Crippen LogP) is 4.61. The van der Waals surface area contributed by atoms with E-state index in [4.69, 9.17) is 23.2 Å². The number of benzene rings is 1. The minimum atomic E-state index is -0.407. The van der Waals surface area contributed by atoms with Crippen LogP contribution >= 0.6 is 23.2 Å². The van der Waals surface area contributed by atoms with Crippen LogP contribution in [0.4, 0.5) is 4.39 Å². The summed E-state index contributed by atoms with van der Waals surface area (Å²) in [5, 5.41) is 0.105. The Morgan fingerprint density at radius 1 is 1.47 bits per heavy atom. The second-order valence-corrected chi connectivity index (χ2v) is 6.02. The second-order valence-electron chi connectivity index (χ2n) is 5.34. The molecule has 1 atom stereocenters. The molecule has 1 aromatic heterocycles. The number of imidazole rings is 1. The molecule has 0 bridgehead atoms. The molecule has 1 aliphatic rings. The van der Waals surface area contributed by atoms with E-state index in [1.165, 1.54) is 18.9 Å². The monoisotopic (exact) mass is 300 g/mol. The molecule has 0 aliphatic heterocycles. The molecule has 1 aromatic carbocycles. The van der Waals surface area contributed by atoms with Gasteiger partial charge in [-0.25, -0.2) is 9.37 Å². The van der Waals surface area contributed by atoms with Gasteiger partial charge in [0.15, 0.2) is 0 Å². The van der Waals surface area contributed by atoms with Crippen molar-refractivity contribution in [2.75, 3.05) is 0 Å². The summed E-state index contributed by atoms with van der Waals surface area (Å²) in [4.78, 5) is 4.45. The highest BCUT2D eigenvalue weighted by Crippen LogP contribution is 2.38. The third-order valence-electron chi connectivity index (χ3n) is 3.89. The molecule has 1 unspecified atom stereocenters. The first-order chi connectivity index (χ1) is 9.10. The zero-order chi connectivity index (χ0) is 13.6. The Bertz CT molecular complexity index is 619. The van der Waals surface area contributed by atoms with Crippen LogP contribution in [0.1, 0.15) is 25.6 Å². The van der Waals surface area contributed by atoms with Gasteiger partial charge < -0.3 is 4.57 Å². The first kappa shape index (κ1) is 13.2. The molecule has 1 heterocycles. The first-order valence-electron chi connectivity index (χ1n) is 6.50. The standard InChI is InChI=1S/C14H15Cl2FN2/c1-8(9-2-3-9)7-19-13-5-11(17)10(16)4-12(13)18-14(19)6-15/h4-5,8-9H,2-3,6-7H2,1H3. The van der Waals surface area contributed by atoms with Gasteiger partial charge in [0.25, 0.3) is 0 Å². The lowest BCUT2D eigenvalue weighted by Crippen LogP contribution is -2.11. The summed E-state index contributed by atoms with van der Waals surface area (Å²) in [5.74, 6) is 2.06. The highest BCUT2D eigenvalue weighted by atomic mass is 35.5. The van der Waals surface area contributed by atoms with Gasteiger partial charge in [-0.1, -0.05) is 18.5 Å². The summed E-state index contributed by atoms with van der Waals surface area (Å²) in [6, 6.07) is 3.03. The lowest BCUT2D eigenvalue weighted by atomic mass is 10.1. The highest BCUT2D eigenvalue weighted by Gasteiger charge is 2.29. The zero-order valence-electron chi connectivity index (χ0n) is 10.7. The zero-order valence-corrected chi connectivity index (χ0v) is 12.2. The van der Waals surface area contributed by atoms with Crippen LogP contribution in [0.5, 0.6) is 0 Å². The topological polar surface area (TPSA) is 17.8 Å². The van der Waals surface area contributed by atoms with E-state index in [9.17, 15) is 4.39 Å². The van der Waals surface area contributed by atoms with E-state index in [1.807, 2.05) is 4.57 Å². The summed E-state index contributed by atoms with van der Waals surface area (Å²) in [7, 11) is 0. The van der Waals surface area contributed by atoms with E-state index >= 15 is 0 Å². The highest BCUT2D eigenvalue weighted by molar-refractivity contribution is 6.31. The second kappa shape index (κ2) is 4.95. The van der Waals surface area contributed by atoms with Crippen molar-refractivity contribution in [2.45, 2.75) is 32.2 Å². The number of hydrogen-bond acceptors (Lipinski definition) is 1. The van der Waals surface area contributed by atoms with Crippen LogP contribution < -0.4 is 0 Å². The number of rotatable bonds is 4. The third-order valence-corrected chi connectivity index (χ3v) is 4.41. The van der Waals surface area contributed by atoms with Crippen LogP contribution in [0.25, 0.3) is 11.0 Å². The number of halogens is 3. The van der Waals surface area contributed by atoms with Gasteiger partial charge in [-0.15, -0.1) is 11.6 Å². The molecular weight excluding hydrogens is 286 g/mol. The Morgan fingerprint density at radius 3 is 2.84 bits per heavy atom. The van der Waals surface area contributed by atoms with E-state index in [1.54, 1.807) is 6.07 Å². The van der Waals surface area contributed by atoms with E-state index < -0.39 is 5.82 Å². The SMILES string of the molecule is CC(Cn1c(CCl)nc2cc(Cl)c(F)cc21)C1CC1. The maximum Gasteiger partial charge on any atom is 0.144 e. The Morgan fingerprint density at radius 2 is 2.21 bits per heavy atom. The fourth-order valence-corrected chi connectivity index (χ4v) is 2.94. The Kier molecular flexibility index (Phi) is 3.44. The van der Waals surface area contributed by atoms with Gasteiger partial charge in [0.1, 0.15) is 11.6 Å². The molecular formula is C14H15Cl2FN2. The Hall–Kier alpha value is -0.800. The van der Waals surface area contributed by atoms with Crippen LogP contribution in [0.15, 0.2) is 12.1 Å². The van der Waals surface area contributed by atoms with Crippen molar-refractivity contribution < 1.29 is 4.39 Å². The molecule has 0 N–H and O–H groups in total. The summed E-state index contributed by atoms with van der Waals surface area (Å²) in [6.45, 7) is 3.07. The van der Waals surface area contributed by atoms with E-state index in [-0.39, 0.29) is 5.02 Å². The number of fused-ring (bicyclic) bond motifs is 1. The third kappa shape index (κ3) is 2.46. The molecule has 19 heavy (non-hydrogen) atoms. The summed E-state index contributed by atoms with van der Waals surface area (Å²) >= 11 is 11.8. The number of aromatic nitrogens is 2. The van der Waals surface area contributed by atoms with E-state index in [0.717, 1.165) is 23.8 Å². The van der Waals surface area contributed by atoms with Crippen molar-refractivity contribution in [1.82, 2.24) is 9.55 Å². The van der Waals surface area contributed by atoms with E-state index in [0.29, 0.717) is 17.3 Å². The van der Waals surface area contributed by atoms with Crippen molar-refractivity contribution in [3.63, 3.8) is 0 Å². The Labute approximate surface area is 121 Å². The van der Waals surface area contributed by atoms with Gasteiger partial charge in [-0.3, -0.25) is 0 Å². The first-order valence-corrected chi connectivity index (χ1v) is 7.41. The minimum Gasteiger partial charge on any atom is -0.327 e. The van der Waals surface area contributed by atoms with Crippen LogP contribution in [0.2, 0.25) is 5.02 Å². The molecule has 2 aromatic rings. The number of nitrogens with zero attached hydrogens (tertiary/aromatic N) is 2. The normalized spacial score (nSPS) is 17.1. The largest absolute Gasteiger partial charge is 0.327 e. The molecule has 0 radical (unpaired) electrons. The van der Waals surface area contributed by atoms with Gasteiger partial charge in [0.05, 0.1) is 21.9 Å². The quantitative estimate of drug-likeness (QED) is 0.754. The molecule has 3 rings (SSSR count). The van der Waals surface area contributed by atoms with Crippen molar-refractivity contribution in [2.24, 2.45) is 11.8 Å². The van der Waals surface area contributed by atoms with E-state index in [2.05, 4.69) is 11.9 Å². The molecule has 1 fully saturated rings. The Balaban J connectivity index is 2.06. The fraction of sp³-hybridized carbons (Fsp3) is 0.500. The number of alkyl halides is 1. The molecule has 0 amide bonds. The average molecular weight is 301 g/mol. The summed E-state index contributed by atoms with van der Waals surface area (Å²) in [6.07, 6.45) is 2.59. The summed E-state index contributed by atoms with van der Waals surface area (Å²) in [5.41, 5.74) is 1.50. The molecule has 1 saturated carbocycles. The van der Waals surface area contributed by atoms with Crippen molar-refractivity contribution in [1.29, 1.82) is 0 Å². The molecule has 102 valence electrons. The lowest BCUT2D eigenvalue weighted by molar-refractivity contribution is 0.430. The maximum absolute atomic E-state index is 13.6. The summed E-state index contributed by atoms with van der Waals surface area (Å²) < 4.78 is 15.7. The van der Waals surface area contributed by atoms with Gasteiger partial charge in [-0.05, 0) is 30.7 Å². The van der Waals surface area contributed by atoms with Gasteiger partial charge in [0, 0.05) is 12.6 Å². The molecule has 0 saturated heterocycles. The van der Waals surface area contributed by atoms with Crippen molar-refractivity contribution in [3.8, 4) is 0 Å². The predicted molar refractivity (Wildman–Crippen MR) is 76.1 cm³/mol. The van der Waals surface area contributed by atoms with Gasteiger partial charge in [0.2, 0.25) is 0 Å². The molecule has 5 heteroatoms. The van der Waals surface area contributed by atoms with Crippen LogP contribution in [-0.4, -0.2) is 9.55 Å². The van der Waals surface area contributed by atoms with Gasteiger partial charge in [-0.2, -0.15) is 0 Å². The lowest BCUT2D eigenvalue weighted by Gasteiger charge is -2.14. The fourth-order valence-electron chi connectivity index (χ4n) is 2.58. The van der Waals surface area contributed by atoms with Crippen molar-refractivity contribution >= 4 is 34.2 Å². The maximum atomic E-state index is 13.6. The number of hydrogen-bond donors (Lipinski definition) is 0.